The Morgan fingerprint density at radius 1 is 0.947 bits per heavy atom. The summed E-state index contributed by atoms with van der Waals surface area (Å²) < 4.78 is 5.83. The van der Waals surface area contributed by atoms with E-state index in [0.29, 0.717) is 24.5 Å². The van der Waals surface area contributed by atoms with E-state index in [1.165, 1.54) is 11.1 Å². The van der Waals surface area contributed by atoms with Crippen molar-refractivity contribution in [3.05, 3.63) is 35.4 Å². The maximum atomic E-state index is 5.83. The van der Waals surface area contributed by atoms with Gasteiger partial charge in [-0.2, -0.15) is 0 Å². The predicted molar refractivity (Wildman–Crippen MR) is 82.1 cm³/mol. The maximum absolute atomic E-state index is 5.83. The quantitative estimate of drug-likeness (QED) is 0.765. The Balaban J connectivity index is 2.35. The van der Waals surface area contributed by atoms with Gasteiger partial charge in [0.25, 0.3) is 0 Å². The molecule has 0 fully saturated rings. The third-order valence-electron chi connectivity index (χ3n) is 3.36. The molecule has 0 radical (unpaired) electrons. The molecule has 0 saturated carbocycles. The summed E-state index contributed by atoms with van der Waals surface area (Å²) in [5.41, 5.74) is 2.58. The Bertz CT molecular complexity index is 343. The van der Waals surface area contributed by atoms with Crippen LogP contribution in [0.15, 0.2) is 24.3 Å². The van der Waals surface area contributed by atoms with Crippen molar-refractivity contribution in [2.75, 3.05) is 6.54 Å². The second-order valence-corrected chi connectivity index (χ2v) is 6.10. The highest BCUT2D eigenvalue weighted by Crippen LogP contribution is 2.11. The van der Waals surface area contributed by atoms with E-state index in [0.717, 1.165) is 13.1 Å². The predicted octanol–water partition coefficient (Wildman–Crippen LogP) is 3.99. The lowest BCUT2D eigenvalue weighted by molar-refractivity contribution is 0.0235. The summed E-state index contributed by atoms with van der Waals surface area (Å²) >= 11 is 0. The van der Waals surface area contributed by atoms with E-state index in [-0.39, 0.29) is 0 Å². The van der Waals surface area contributed by atoms with Crippen molar-refractivity contribution in [2.45, 2.75) is 53.9 Å². The second kappa shape index (κ2) is 8.34. The lowest BCUT2D eigenvalue weighted by atomic mass is 10.1. The minimum Gasteiger partial charge on any atom is -0.374 e. The average molecular weight is 263 g/mol. The maximum Gasteiger partial charge on any atom is 0.0720 e. The minimum absolute atomic E-state index is 0.312. The number of hydrogen-bond acceptors (Lipinski definition) is 2. The lowest BCUT2D eigenvalue weighted by Gasteiger charge is -2.16. The third kappa shape index (κ3) is 6.74. The first-order valence-electron chi connectivity index (χ1n) is 7.39. The summed E-state index contributed by atoms with van der Waals surface area (Å²) in [6.45, 7) is 13.7. The van der Waals surface area contributed by atoms with E-state index in [4.69, 9.17) is 4.74 Å². The van der Waals surface area contributed by atoms with Gasteiger partial charge in [-0.15, -0.1) is 0 Å². The van der Waals surface area contributed by atoms with Crippen molar-refractivity contribution >= 4 is 0 Å². The highest BCUT2D eigenvalue weighted by Gasteiger charge is 2.07. The van der Waals surface area contributed by atoms with Crippen LogP contribution in [0.25, 0.3) is 0 Å². The van der Waals surface area contributed by atoms with Crippen LogP contribution < -0.4 is 5.32 Å². The molecule has 1 unspecified atom stereocenters. The Kier molecular flexibility index (Phi) is 7.11. The summed E-state index contributed by atoms with van der Waals surface area (Å²) in [5, 5.41) is 3.45. The molecule has 2 heteroatoms. The van der Waals surface area contributed by atoms with Gasteiger partial charge >= 0.3 is 0 Å². The van der Waals surface area contributed by atoms with Crippen molar-refractivity contribution in [3.8, 4) is 0 Å². The first-order valence-corrected chi connectivity index (χ1v) is 7.39. The topological polar surface area (TPSA) is 21.3 Å². The Labute approximate surface area is 118 Å². The van der Waals surface area contributed by atoms with E-state index < -0.39 is 0 Å². The van der Waals surface area contributed by atoms with Gasteiger partial charge in [0.15, 0.2) is 0 Å². The molecule has 1 aromatic carbocycles. The normalized spacial score (nSPS) is 13.2. The second-order valence-electron chi connectivity index (χ2n) is 6.10. The fraction of sp³-hybridized carbons (Fsp3) is 0.647. The summed E-state index contributed by atoms with van der Waals surface area (Å²) in [6, 6.07) is 8.71. The van der Waals surface area contributed by atoms with Crippen LogP contribution in [-0.4, -0.2) is 12.6 Å². The molecule has 0 aliphatic rings. The zero-order valence-corrected chi connectivity index (χ0v) is 13.1. The van der Waals surface area contributed by atoms with E-state index in [9.17, 15) is 0 Å². The molecule has 108 valence electrons. The van der Waals surface area contributed by atoms with Crippen LogP contribution in [0.3, 0.4) is 0 Å². The van der Waals surface area contributed by atoms with E-state index >= 15 is 0 Å². The summed E-state index contributed by atoms with van der Waals surface area (Å²) in [5.74, 6) is 1.27. The third-order valence-corrected chi connectivity index (χ3v) is 3.36. The van der Waals surface area contributed by atoms with Crippen LogP contribution in [0, 0.1) is 11.8 Å². The molecular formula is C17H29NO. The fourth-order valence-electron chi connectivity index (χ4n) is 1.68. The summed E-state index contributed by atoms with van der Waals surface area (Å²) in [4.78, 5) is 0. The molecule has 1 atom stereocenters. The van der Waals surface area contributed by atoms with Gasteiger partial charge in [-0.1, -0.05) is 52.0 Å². The van der Waals surface area contributed by atoms with Crippen LogP contribution in [-0.2, 0) is 17.9 Å². The lowest BCUT2D eigenvalue weighted by Crippen LogP contribution is -2.19. The fourth-order valence-corrected chi connectivity index (χ4v) is 1.68. The average Bonchev–Trinajstić information content (AvgIpc) is 2.37. The molecule has 1 aromatic rings. The van der Waals surface area contributed by atoms with Crippen LogP contribution >= 0.6 is 0 Å². The Hall–Kier alpha value is -0.860. The first kappa shape index (κ1) is 16.2. The zero-order chi connectivity index (χ0) is 14.3. The van der Waals surface area contributed by atoms with Gasteiger partial charge in [-0.25, -0.2) is 0 Å². The Morgan fingerprint density at radius 3 is 2.05 bits per heavy atom. The largest absolute Gasteiger partial charge is 0.374 e. The molecule has 0 amide bonds. The molecule has 19 heavy (non-hydrogen) atoms. The molecule has 0 bridgehead atoms. The van der Waals surface area contributed by atoms with Crippen molar-refractivity contribution in [2.24, 2.45) is 11.8 Å². The molecule has 0 heterocycles. The standard InChI is InChI=1S/C17H29NO/c1-13(2)10-18-11-16-6-8-17(9-7-16)12-19-15(5)14(3)4/h6-9,13-15,18H,10-12H2,1-5H3. The van der Waals surface area contributed by atoms with E-state index in [1.807, 2.05) is 0 Å². The van der Waals surface area contributed by atoms with Gasteiger partial charge in [0, 0.05) is 6.54 Å². The molecule has 1 rings (SSSR count). The molecule has 0 spiro atoms. The zero-order valence-electron chi connectivity index (χ0n) is 13.1. The number of benzene rings is 1. The summed E-state index contributed by atoms with van der Waals surface area (Å²) in [6.07, 6.45) is 0.312. The molecule has 0 aliphatic heterocycles. The van der Waals surface area contributed by atoms with Gasteiger partial charge < -0.3 is 10.1 Å². The minimum atomic E-state index is 0.312. The van der Waals surface area contributed by atoms with Crippen LogP contribution in [0.1, 0.15) is 45.7 Å². The van der Waals surface area contributed by atoms with Crippen molar-refractivity contribution in [1.82, 2.24) is 5.32 Å². The van der Waals surface area contributed by atoms with E-state index in [1.54, 1.807) is 0 Å². The van der Waals surface area contributed by atoms with Gasteiger partial charge in [0.05, 0.1) is 12.7 Å². The molecule has 2 nitrogen and oxygen atoms in total. The summed E-state index contributed by atoms with van der Waals surface area (Å²) in [7, 11) is 0. The van der Waals surface area contributed by atoms with Crippen LogP contribution in [0.2, 0.25) is 0 Å². The van der Waals surface area contributed by atoms with Crippen LogP contribution in [0.5, 0.6) is 0 Å². The van der Waals surface area contributed by atoms with Crippen molar-refractivity contribution < 1.29 is 4.74 Å². The van der Waals surface area contributed by atoms with Gasteiger partial charge in [-0.3, -0.25) is 0 Å². The van der Waals surface area contributed by atoms with Crippen molar-refractivity contribution in [3.63, 3.8) is 0 Å². The number of ether oxygens (including phenoxy) is 1. The van der Waals surface area contributed by atoms with Gasteiger partial charge in [0.1, 0.15) is 0 Å². The number of nitrogens with one attached hydrogen (secondary N) is 1. The highest BCUT2D eigenvalue weighted by atomic mass is 16.5. The monoisotopic (exact) mass is 263 g/mol. The van der Waals surface area contributed by atoms with Crippen LogP contribution in [0.4, 0.5) is 0 Å². The molecule has 1 N–H and O–H groups in total. The smallest absolute Gasteiger partial charge is 0.0720 e. The van der Waals surface area contributed by atoms with Gasteiger partial charge in [0.2, 0.25) is 0 Å². The molecule has 0 saturated heterocycles. The Morgan fingerprint density at radius 2 is 1.53 bits per heavy atom. The number of hydrogen-bond donors (Lipinski definition) is 1. The van der Waals surface area contributed by atoms with E-state index in [2.05, 4.69) is 64.2 Å². The van der Waals surface area contributed by atoms with Gasteiger partial charge in [-0.05, 0) is 36.4 Å². The molecular weight excluding hydrogens is 234 g/mol. The van der Waals surface area contributed by atoms with Crippen molar-refractivity contribution in [1.29, 1.82) is 0 Å². The molecule has 0 aliphatic carbocycles. The highest BCUT2D eigenvalue weighted by molar-refractivity contribution is 5.21. The first-order chi connectivity index (χ1) is 8.99. The molecule has 0 aromatic heterocycles. The SMILES string of the molecule is CC(C)CNCc1ccc(COC(C)C(C)C)cc1. The number of rotatable bonds is 8.